The first-order valence-electron chi connectivity index (χ1n) is 7.83. The number of carbonyl (C=O) groups excluding carboxylic acids is 2. The van der Waals surface area contributed by atoms with Crippen molar-refractivity contribution in [2.45, 2.75) is 0 Å². The number of esters is 1. The van der Waals surface area contributed by atoms with E-state index < -0.39 is 23.5 Å². The third kappa shape index (κ3) is 3.90. The molecule has 28 heavy (non-hydrogen) atoms. The molecule has 8 nitrogen and oxygen atoms in total. The van der Waals surface area contributed by atoms with Crippen molar-refractivity contribution in [2.24, 2.45) is 0 Å². The van der Waals surface area contributed by atoms with E-state index in [4.69, 9.17) is 5.73 Å². The summed E-state index contributed by atoms with van der Waals surface area (Å²) < 4.78 is 31.5. The largest absolute Gasteiger partial charge is 0.465 e. The minimum atomic E-state index is -1.25. The van der Waals surface area contributed by atoms with Crippen molar-refractivity contribution in [1.29, 1.82) is 0 Å². The number of nitrogen functional groups attached to an aromatic ring is 1. The number of hydrogen-bond donors (Lipinski definition) is 2. The molecule has 1 aromatic carbocycles. The number of anilines is 2. The first kappa shape index (κ1) is 18.8. The monoisotopic (exact) mass is 385 g/mol. The number of carbonyl (C=O) groups is 2. The molecule has 10 heteroatoms. The van der Waals surface area contributed by atoms with Crippen LogP contribution in [0.3, 0.4) is 0 Å². The van der Waals surface area contributed by atoms with Gasteiger partial charge in [-0.3, -0.25) is 4.79 Å². The number of nitrogens with two attached hydrogens (primary N) is 1. The lowest BCUT2D eigenvalue weighted by atomic mass is 10.1. The van der Waals surface area contributed by atoms with Crippen molar-refractivity contribution < 1.29 is 23.1 Å². The Labute approximate surface area is 157 Å². The number of benzene rings is 1. The van der Waals surface area contributed by atoms with Crippen LogP contribution in [0.1, 0.15) is 20.8 Å². The normalized spacial score (nSPS) is 10.4. The van der Waals surface area contributed by atoms with Crippen LogP contribution in [0.25, 0.3) is 11.3 Å². The highest BCUT2D eigenvalue weighted by atomic mass is 19.2. The Morgan fingerprint density at radius 3 is 2.46 bits per heavy atom. The van der Waals surface area contributed by atoms with E-state index in [2.05, 4.69) is 25.2 Å². The smallest absolute Gasteiger partial charge is 0.340 e. The zero-order valence-electron chi connectivity index (χ0n) is 14.4. The third-order valence-electron chi connectivity index (χ3n) is 3.69. The number of nitrogens with one attached hydrogen (secondary N) is 1. The molecule has 0 saturated heterocycles. The van der Waals surface area contributed by atoms with Gasteiger partial charge in [0.2, 0.25) is 0 Å². The van der Waals surface area contributed by atoms with Gasteiger partial charge < -0.3 is 15.8 Å². The molecule has 0 saturated carbocycles. The van der Waals surface area contributed by atoms with Crippen LogP contribution in [-0.4, -0.2) is 34.2 Å². The number of ether oxygens (including phenoxy) is 1. The van der Waals surface area contributed by atoms with Gasteiger partial charge in [0.15, 0.2) is 17.3 Å². The summed E-state index contributed by atoms with van der Waals surface area (Å²) >= 11 is 0. The standard InChI is InChI=1S/C18H13F2N5O3/c1-28-18(27)10-7-11(19)12(20)8-15(10)23-17(26)14-3-2-13(24-25-14)9-4-5-22-16(21)6-9/h2-8H,1H3,(H2,21,22)(H,23,26). The van der Waals surface area contributed by atoms with Crippen LogP contribution in [0.2, 0.25) is 0 Å². The highest BCUT2D eigenvalue weighted by molar-refractivity contribution is 6.07. The van der Waals surface area contributed by atoms with Gasteiger partial charge in [-0.1, -0.05) is 0 Å². The maximum Gasteiger partial charge on any atom is 0.340 e. The first-order chi connectivity index (χ1) is 13.4. The second kappa shape index (κ2) is 7.74. The predicted molar refractivity (Wildman–Crippen MR) is 95.3 cm³/mol. The van der Waals surface area contributed by atoms with E-state index in [1.807, 2.05) is 0 Å². The van der Waals surface area contributed by atoms with E-state index in [9.17, 15) is 18.4 Å². The van der Waals surface area contributed by atoms with Crippen molar-refractivity contribution in [2.75, 3.05) is 18.2 Å². The van der Waals surface area contributed by atoms with Crippen molar-refractivity contribution >= 4 is 23.4 Å². The molecule has 2 aromatic heterocycles. The van der Waals surface area contributed by atoms with Crippen LogP contribution in [0.4, 0.5) is 20.3 Å². The molecule has 0 spiro atoms. The summed E-state index contributed by atoms with van der Waals surface area (Å²) in [6.45, 7) is 0. The molecule has 0 bridgehead atoms. The fraction of sp³-hybridized carbons (Fsp3) is 0.0556. The summed E-state index contributed by atoms with van der Waals surface area (Å²) in [6, 6.07) is 7.49. The number of rotatable bonds is 4. The van der Waals surface area contributed by atoms with Crippen LogP contribution in [0, 0.1) is 11.6 Å². The molecule has 3 rings (SSSR count). The zero-order valence-corrected chi connectivity index (χ0v) is 14.4. The second-order valence-electron chi connectivity index (χ2n) is 5.53. The maximum atomic E-state index is 13.5. The van der Waals surface area contributed by atoms with Crippen molar-refractivity contribution in [3.63, 3.8) is 0 Å². The first-order valence-corrected chi connectivity index (χ1v) is 7.83. The second-order valence-corrected chi connectivity index (χ2v) is 5.53. The molecule has 3 N–H and O–H groups in total. The van der Waals surface area contributed by atoms with Crippen LogP contribution in [-0.2, 0) is 4.74 Å². The van der Waals surface area contributed by atoms with Crippen molar-refractivity contribution in [3.05, 3.63) is 65.5 Å². The Morgan fingerprint density at radius 2 is 1.82 bits per heavy atom. The van der Waals surface area contributed by atoms with Gasteiger partial charge in [-0.05, 0) is 30.3 Å². The van der Waals surface area contributed by atoms with Gasteiger partial charge in [0.25, 0.3) is 5.91 Å². The number of methoxy groups -OCH3 is 1. The molecule has 0 aliphatic heterocycles. The van der Waals surface area contributed by atoms with Gasteiger partial charge in [-0.15, -0.1) is 10.2 Å². The lowest BCUT2D eigenvalue weighted by molar-refractivity contribution is 0.0601. The van der Waals surface area contributed by atoms with E-state index in [1.165, 1.54) is 18.3 Å². The topological polar surface area (TPSA) is 120 Å². The SMILES string of the molecule is COC(=O)c1cc(F)c(F)cc1NC(=O)c1ccc(-c2ccnc(N)c2)nn1. The summed E-state index contributed by atoms with van der Waals surface area (Å²) in [4.78, 5) is 28.0. The molecule has 142 valence electrons. The van der Waals surface area contributed by atoms with Crippen molar-refractivity contribution in [3.8, 4) is 11.3 Å². The van der Waals surface area contributed by atoms with Gasteiger partial charge in [-0.2, -0.15) is 0 Å². The summed E-state index contributed by atoms with van der Waals surface area (Å²) in [6.07, 6.45) is 1.50. The number of amides is 1. The van der Waals surface area contributed by atoms with Crippen LogP contribution >= 0.6 is 0 Å². The maximum absolute atomic E-state index is 13.5. The molecular formula is C18H13F2N5O3. The minimum Gasteiger partial charge on any atom is -0.465 e. The molecule has 0 atom stereocenters. The third-order valence-corrected chi connectivity index (χ3v) is 3.69. The fourth-order valence-corrected chi connectivity index (χ4v) is 2.33. The van der Waals surface area contributed by atoms with Crippen LogP contribution in [0.5, 0.6) is 0 Å². The van der Waals surface area contributed by atoms with Gasteiger partial charge in [0.1, 0.15) is 5.82 Å². The molecule has 0 radical (unpaired) electrons. The lowest BCUT2D eigenvalue weighted by Crippen LogP contribution is -2.18. The Bertz CT molecular complexity index is 1060. The fourth-order valence-electron chi connectivity index (χ4n) is 2.33. The lowest BCUT2D eigenvalue weighted by Gasteiger charge is -2.10. The molecule has 2 heterocycles. The highest BCUT2D eigenvalue weighted by Gasteiger charge is 2.19. The summed E-state index contributed by atoms with van der Waals surface area (Å²) in [7, 11) is 1.07. The van der Waals surface area contributed by atoms with Gasteiger partial charge in [-0.25, -0.2) is 18.6 Å². The van der Waals surface area contributed by atoms with Crippen LogP contribution < -0.4 is 11.1 Å². The predicted octanol–water partition coefficient (Wildman–Crippen LogP) is 2.44. The molecule has 0 aliphatic rings. The van der Waals surface area contributed by atoms with Gasteiger partial charge in [0, 0.05) is 17.8 Å². The van der Waals surface area contributed by atoms with E-state index >= 15 is 0 Å². The molecule has 1 amide bonds. The van der Waals surface area contributed by atoms with Gasteiger partial charge >= 0.3 is 5.97 Å². The van der Waals surface area contributed by atoms with E-state index in [-0.39, 0.29) is 16.9 Å². The Balaban J connectivity index is 1.86. The van der Waals surface area contributed by atoms with E-state index in [0.717, 1.165) is 7.11 Å². The Morgan fingerprint density at radius 1 is 1.07 bits per heavy atom. The summed E-state index contributed by atoms with van der Waals surface area (Å²) in [5.41, 5.74) is 6.01. The zero-order chi connectivity index (χ0) is 20.3. The number of pyridine rings is 1. The van der Waals surface area contributed by atoms with Crippen LogP contribution in [0.15, 0.2) is 42.6 Å². The molecule has 3 aromatic rings. The number of halogens is 2. The van der Waals surface area contributed by atoms with E-state index in [0.29, 0.717) is 29.2 Å². The minimum absolute atomic E-state index is 0.105. The average Bonchev–Trinajstić information content (AvgIpc) is 2.70. The average molecular weight is 385 g/mol. The molecule has 0 unspecified atom stereocenters. The number of aromatic nitrogens is 3. The Hall–Kier alpha value is -3.95. The van der Waals surface area contributed by atoms with Gasteiger partial charge in [0.05, 0.1) is 24.1 Å². The Kier molecular flexibility index (Phi) is 5.21. The summed E-state index contributed by atoms with van der Waals surface area (Å²) in [5, 5.41) is 10.0. The quantitative estimate of drug-likeness (QED) is 0.662. The van der Waals surface area contributed by atoms with E-state index in [1.54, 1.807) is 12.1 Å². The number of nitrogens with zero attached hydrogens (tertiary/aromatic N) is 3. The molecule has 0 fully saturated rings. The molecule has 0 aliphatic carbocycles. The molecular weight excluding hydrogens is 372 g/mol. The summed E-state index contributed by atoms with van der Waals surface area (Å²) in [5.74, 6) is -3.90. The number of hydrogen-bond acceptors (Lipinski definition) is 7. The highest BCUT2D eigenvalue weighted by Crippen LogP contribution is 2.22. The van der Waals surface area contributed by atoms with Crippen molar-refractivity contribution in [1.82, 2.24) is 15.2 Å².